The van der Waals surface area contributed by atoms with Crippen LogP contribution in [0.4, 0.5) is 30.5 Å². The second-order valence-corrected chi connectivity index (χ2v) is 11.1. The molecule has 1 aromatic carbocycles. The van der Waals surface area contributed by atoms with Crippen LogP contribution in [0.1, 0.15) is 47.4 Å². The molecule has 2 aromatic rings. The zero-order chi connectivity index (χ0) is 29.7. The highest BCUT2D eigenvalue weighted by Gasteiger charge is 2.56. The molecule has 2 fully saturated rings. The quantitative estimate of drug-likeness (QED) is 0.359. The molecule has 1 aromatic heterocycles. The molecular formula is C26H29F3N8O4. The second kappa shape index (κ2) is 10.3. The summed E-state index contributed by atoms with van der Waals surface area (Å²) >= 11 is 0. The minimum absolute atomic E-state index is 0.0360. The first kappa shape index (κ1) is 28.3. The van der Waals surface area contributed by atoms with E-state index in [-0.39, 0.29) is 17.5 Å². The Labute approximate surface area is 233 Å². The van der Waals surface area contributed by atoms with E-state index < -0.39 is 46.9 Å². The van der Waals surface area contributed by atoms with Crippen LogP contribution in [0.2, 0.25) is 0 Å². The number of hydroxylamine groups is 1. The Morgan fingerprint density at radius 1 is 1.10 bits per heavy atom. The fraction of sp³-hybridized carbons (Fsp3) is 0.462. The van der Waals surface area contributed by atoms with E-state index in [1.54, 1.807) is 6.07 Å². The number of hydrogen-bond acceptors (Lipinski definition) is 10. The van der Waals surface area contributed by atoms with Gasteiger partial charge < -0.3 is 15.5 Å². The van der Waals surface area contributed by atoms with Crippen LogP contribution in [0.3, 0.4) is 0 Å². The van der Waals surface area contributed by atoms with E-state index in [1.165, 1.54) is 35.0 Å². The van der Waals surface area contributed by atoms with Crippen molar-refractivity contribution in [3.63, 3.8) is 0 Å². The van der Waals surface area contributed by atoms with Gasteiger partial charge in [-0.1, -0.05) is 13.8 Å². The number of primary amides is 1. The summed E-state index contributed by atoms with van der Waals surface area (Å²) in [7, 11) is 0. The molecule has 1 saturated heterocycles. The fourth-order valence-electron chi connectivity index (χ4n) is 5.80. The predicted octanol–water partition coefficient (Wildman–Crippen LogP) is 2.13. The van der Waals surface area contributed by atoms with Gasteiger partial charge in [-0.2, -0.15) is 18.3 Å². The highest BCUT2D eigenvalue weighted by molar-refractivity contribution is 6.11. The Kier molecular flexibility index (Phi) is 7.09. The van der Waals surface area contributed by atoms with Crippen molar-refractivity contribution in [1.29, 1.82) is 0 Å². The molecule has 2 atom stereocenters. The van der Waals surface area contributed by atoms with E-state index in [0.29, 0.717) is 49.9 Å². The Morgan fingerprint density at radius 2 is 1.73 bits per heavy atom. The summed E-state index contributed by atoms with van der Waals surface area (Å²) in [4.78, 5) is 48.8. The lowest BCUT2D eigenvalue weighted by Crippen LogP contribution is -2.49. The molecule has 0 spiro atoms. The van der Waals surface area contributed by atoms with Crippen LogP contribution in [-0.4, -0.2) is 76.9 Å². The molecule has 1 saturated carbocycles. The highest BCUT2D eigenvalue weighted by atomic mass is 19.4. The maximum Gasteiger partial charge on any atom is 0.432 e. The van der Waals surface area contributed by atoms with Gasteiger partial charge >= 0.3 is 6.18 Å². The monoisotopic (exact) mass is 574 g/mol. The number of carbonyl (C=O) groups is 3. The van der Waals surface area contributed by atoms with Gasteiger partial charge in [-0.05, 0) is 30.0 Å². The van der Waals surface area contributed by atoms with Gasteiger partial charge in [0.1, 0.15) is 5.78 Å². The fourth-order valence-corrected chi connectivity index (χ4v) is 5.80. The molecule has 3 aliphatic rings. The van der Waals surface area contributed by atoms with Crippen molar-refractivity contribution >= 4 is 40.6 Å². The third-order valence-corrected chi connectivity index (χ3v) is 7.68. The predicted molar refractivity (Wildman–Crippen MR) is 142 cm³/mol. The van der Waals surface area contributed by atoms with Crippen LogP contribution in [-0.2, 0) is 4.79 Å². The molecule has 2 unspecified atom stereocenters. The van der Waals surface area contributed by atoms with Crippen molar-refractivity contribution in [1.82, 2.24) is 15.4 Å². The summed E-state index contributed by atoms with van der Waals surface area (Å²) in [5.41, 5.74) is 6.63. The number of halogens is 3. The molecule has 12 nitrogen and oxygen atoms in total. The van der Waals surface area contributed by atoms with Crippen LogP contribution in [0.5, 0.6) is 0 Å². The molecule has 5 rings (SSSR count). The van der Waals surface area contributed by atoms with Crippen LogP contribution < -0.4 is 26.0 Å². The molecule has 1 aliphatic carbocycles. The standard InChI is InChI=1S/C26H29F3N8O4/c1-25(2)10-18-20(19(38)11-25)21(26(27,28)29)33-37(18)15-3-4-16(22(30)39)17(9-15)35-5-7-36(8-6-35)24-31-12-14(13-32-24)23(40)34-41/h3-4,9,12-13,18,20,41H,5-8,10-11H2,1-2H3,(H2,30,39)(H,34,40). The number of Topliss-reactive ketones (excluding diaryl/α,β-unsaturated/α-hetero) is 1. The number of alkyl halides is 3. The van der Waals surface area contributed by atoms with Crippen LogP contribution in [0, 0.1) is 11.3 Å². The van der Waals surface area contributed by atoms with Gasteiger partial charge in [0.15, 0.2) is 5.71 Å². The lowest BCUT2D eigenvalue weighted by Gasteiger charge is -2.40. The number of aromatic nitrogens is 2. The van der Waals surface area contributed by atoms with Crippen LogP contribution in [0.15, 0.2) is 35.7 Å². The number of nitrogens with two attached hydrogens (primary N) is 1. The molecule has 3 heterocycles. The minimum atomic E-state index is -4.76. The van der Waals surface area contributed by atoms with Gasteiger partial charge in [-0.15, -0.1) is 0 Å². The topological polar surface area (TPSA) is 157 Å². The third kappa shape index (κ3) is 5.40. The van der Waals surface area contributed by atoms with Crippen LogP contribution >= 0.6 is 0 Å². The number of rotatable bonds is 5. The zero-order valence-electron chi connectivity index (χ0n) is 22.4. The van der Waals surface area contributed by atoms with Crippen LogP contribution in [0.25, 0.3) is 0 Å². The summed E-state index contributed by atoms with van der Waals surface area (Å²) in [6, 6.07) is 3.77. The average molecular weight is 575 g/mol. The average Bonchev–Trinajstić information content (AvgIpc) is 3.32. The number of nitrogens with zero attached hydrogens (tertiary/aromatic N) is 6. The second-order valence-electron chi connectivity index (χ2n) is 11.1. The number of anilines is 3. The molecule has 2 amide bonds. The molecule has 4 N–H and O–H groups in total. The number of fused-ring (bicyclic) bond motifs is 1. The van der Waals surface area contributed by atoms with E-state index in [2.05, 4.69) is 15.1 Å². The van der Waals surface area contributed by atoms with Gasteiger partial charge in [-0.25, -0.2) is 15.4 Å². The molecule has 41 heavy (non-hydrogen) atoms. The van der Waals surface area contributed by atoms with Gasteiger partial charge in [-0.3, -0.25) is 24.6 Å². The van der Waals surface area contributed by atoms with Crippen molar-refractivity contribution in [3.8, 4) is 0 Å². The minimum Gasteiger partial charge on any atom is -0.367 e. The first-order valence-corrected chi connectivity index (χ1v) is 13.0. The van der Waals surface area contributed by atoms with E-state index in [1.807, 2.05) is 23.6 Å². The van der Waals surface area contributed by atoms with E-state index in [0.717, 1.165) is 0 Å². The lowest BCUT2D eigenvalue weighted by atomic mass is 9.68. The summed E-state index contributed by atoms with van der Waals surface area (Å²) in [6.07, 6.45) is -1.83. The van der Waals surface area contributed by atoms with Gasteiger partial charge in [0.2, 0.25) is 5.95 Å². The maximum absolute atomic E-state index is 14.0. The van der Waals surface area contributed by atoms with Gasteiger partial charge in [0.05, 0.1) is 34.5 Å². The summed E-state index contributed by atoms with van der Waals surface area (Å²) in [5, 5.41) is 14.0. The Balaban J connectivity index is 1.42. The number of amides is 2. The summed E-state index contributed by atoms with van der Waals surface area (Å²) < 4.78 is 41.9. The number of carbonyl (C=O) groups excluding carboxylic acids is 3. The number of hydrogen-bond donors (Lipinski definition) is 3. The SMILES string of the molecule is CC1(C)CC(=O)C2C(C(F)(F)F)=NN(c3ccc(C(N)=O)c(N4CCN(c5ncc(C(=O)NO)cn5)CC4)c3)C2C1. The molecule has 0 bridgehead atoms. The number of piperazine rings is 1. The number of ketones is 1. The molecule has 2 aliphatic heterocycles. The highest BCUT2D eigenvalue weighted by Crippen LogP contribution is 2.46. The van der Waals surface area contributed by atoms with Crippen molar-refractivity contribution in [3.05, 3.63) is 41.7 Å². The molecular weight excluding hydrogens is 545 g/mol. The zero-order valence-corrected chi connectivity index (χ0v) is 22.4. The van der Waals surface area contributed by atoms with Crippen molar-refractivity contribution in [2.75, 3.05) is 41.0 Å². The summed E-state index contributed by atoms with van der Waals surface area (Å²) in [6.45, 7) is 5.37. The number of benzene rings is 1. The van der Waals surface area contributed by atoms with Crippen molar-refractivity contribution in [2.45, 2.75) is 38.9 Å². The van der Waals surface area contributed by atoms with Gasteiger partial charge in [0, 0.05) is 45.0 Å². The lowest BCUT2D eigenvalue weighted by molar-refractivity contribution is -0.127. The van der Waals surface area contributed by atoms with Crippen molar-refractivity contribution < 1.29 is 32.8 Å². The molecule has 15 heteroatoms. The Bertz CT molecular complexity index is 1400. The Morgan fingerprint density at radius 3 is 2.32 bits per heavy atom. The third-order valence-electron chi connectivity index (χ3n) is 7.68. The van der Waals surface area contributed by atoms with E-state index in [4.69, 9.17) is 10.9 Å². The maximum atomic E-state index is 14.0. The number of nitrogens with one attached hydrogen (secondary N) is 1. The number of hydrazone groups is 1. The Hall–Kier alpha value is -4.27. The normalized spacial score (nSPS) is 22.3. The summed E-state index contributed by atoms with van der Waals surface area (Å²) in [5.74, 6) is -2.92. The van der Waals surface area contributed by atoms with Gasteiger partial charge in [0.25, 0.3) is 11.8 Å². The smallest absolute Gasteiger partial charge is 0.367 e. The van der Waals surface area contributed by atoms with E-state index >= 15 is 0 Å². The van der Waals surface area contributed by atoms with E-state index in [9.17, 15) is 27.6 Å². The first-order chi connectivity index (χ1) is 19.3. The van der Waals surface area contributed by atoms with Crippen molar-refractivity contribution in [2.24, 2.45) is 22.2 Å². The molecule has 0 radical (unpaired) electrons. The first-order valence-electron chi connectivity index (χ1n) is 13.0. The largest absolute Gasteiger partial charge is 0.432 e. The molecule has 218 valence electrons.